The van der Waals surface area contributed by atoms with Gasteiger partial charge in [-0.1, -0.05) is 6.07 Å². The van der Waals surface area contributed by atoms with Gasteiger partial charge in [0.05, 0.1) is 6.21 Å². The monoisotopic (exact) mass is 201 g/mol. The Bertz CT molecular complexity index is 507. The Kier molecular flexibility index (Phi) is 2.73. The van der Waals surface area contributed by atoms with Crippen molar-refractivity contribution in [2.75, 3.05) is 0 Å². The molecule has 0 radical (unpaired) electrons. The van der Waals surface area contributed by atoms with Crippen LogP contribution in [0.3, 0.4) is 0 Å². The van der Waals surface area contributed by atoms with Gasteiger partial charge in [0.2, 0.25) is 0 Å². The minimum Gasteiger partial charge on any atom is -0.344 e. The Labute approximate surface area is 86.8 Å². The lowest BCUT2D eigenvalue weighted by Crippen LogP contribution is -2.15. The van der Waals surface area contributed by atoms with Crippen LogP contribution in [0, 0.1) is 0 Å². The summed E-state index contributed by atoms with van der Waals surface area (Å²) >= 11 is 0. The first kappa shape index (κ1) is 9.39. The van der Waals surface area contributed by atoms with E-state index in [9.17, 15) is 0 Å². The summed E-state index contributed by atoms with van der Waals surface area (Å²) in [7, 11) is 1.92. The summed E-state index contributed by atoms with van der Waals surface area (Å²) in [6, 6.07) is 5.75. The van der Waals surface area contributed by atoms with E-state index in [1.54, 1.807) is 18.6 Å². The van der Waals surface area contributed by atoms with E-state index >= 15 is 0 Å². The highest BCUT2D eigenvalue weighted by molar-refractivity contribution is 5.73. The minimum absolute atomic E-state index is 0.692. The quantitative estimate of drug-likeness (QED) is 0.564. The lowest BCUT2D eigenvalue weighted by Gasteiger charge is -1.94. The summed E-state index contributed by atoms with van der Waals surface area (Å²) in [5.74, 6) is 0.692. The Balaban J connectivity index is 2.22. The number of hydrogen-bond acceptors (Lipinski definition) is 3. The SMILES string of the molecule is Cn1cccc/c1=N/N=C/c1ncc[nH]1. The molecule has 76 valence electrons. The molecule has 5 nitrogen and oxygen atoms in total. The smallest absolute Gasteiger partial charge is 0.154 e. The van der Waals surface area contributed by atoms with E-state index in [1.807, 2.05) is 36.0 Å². The lowest BCUT2D eigenvalue weighted by atomic mass is 10.5. The van der Waals surface area contributed by atoms with Crippen molar-refractivity contribution < 1.29 is 0 Å². The Morgan fingerprint density at radius 3 is 3.13 bits per heavy atom. The molecule has 15 heavy (non-hydrogen) atoms. The Hall–Kier alpha value is -2.17. The predicted molar refractivity (Wildman–Crippen MR) is 57.2 cm³/mol. The van der Waals surface area contributed by atoms with Gasteiger partial charge in [0.15, 0.2) is 5.49 Å². The first-order chi connectivity index (χ1) is 7.36. The zero-order valence-electron chi connectivity index (χ0n) is 8.33. The molecule has 0 saturated heterocycles. The summed E-state index contributed by atoms with van der Waals surface area (Å²) in [6.07, 6.45) is 6.90. The molecule has 0 aliphatic rings. The van der Waals surface area contributed by atoms with Crippen LogP contribution >= 0.6 is 0 Å². The number of aromatic amines is 1. The molecule has 0 aliphatic carbocycles. The van der Waals surface area contributed by atoms with Crippen LogP contribution in [0.5, 0.6) is 0 Å². The molecule has 5 heteroatoms. The van der Waals surface area contributed by atoms with E-state index in [4.69, 9.17) is 0 Å². The molecule has 0 saturated carbocycles. The molecular formula is C10H11N5. The van der Waals surface area contributed by atoms with Crippen LogP contribution < -0.4 is 5.49 Å². The van der Waals surface area contributed by atoms with Gasteiger partial charge < -0.3 is 9.55 Å². The Morgan fingerprint density at radius 2 is 2.40 bits per heavy atom. The lowest BCUT2D eigenvalue weighted by molar-refractivity contribution is 0.816. The third-order valence-electron chi connectivity index (χ3n) is 1.89. The highest BCUT2D eigenvalue weighted by Crippen LogP contribution is 1.83. The number of aromatic nitrogens is 3. The topological polar surface area (TPSA) is 58.3 Å². The normalized spacial score (nSPS) is 12.5. The van der Waals surface area contributed by atoms with E-state index in [0.29, 0.717) is 5.82 Å². The zero-order chi connectivity index (χ0) is 10.5. The number of H-pyrrole nitrogens is 1. The van der Waals surface area contributed by atoms with Gasteiger partial charge in [-0.05, 0) is 12.1 Å². The number of pyridine rings is 1. The van der Waals surface area contributed by atoms with Gasteiger partial charge in [-0.3, -0.25) is 0 Å². The van der Waals surface area contributed by atoms with E-state index in [2.05, 4.69) is 20.2 Å². The van der Waals surface area contributed by atoms with Crippen LogP contribution in [-0.2, 0) is 7.05 Å². The second-order valence-electron chi connectivity index (χ2n) is 2.99. The van der Waals surface area contributed by atoms with E-state index in [0.717, 1.165) is 5.49 Å². The molecule has 0 spiro atoms. The van der Waals surface area contributed by atoms with Crippen molar-refractivity contribution in [2.45, 2.75) is 0 Å². The standard InChI is InChI=1S/C10H11N5/c1-15-7-3-2-4-10(15)14-13-8-9-11-5-6-12-9/h2-8H,1H3,(H,11,12)/b13-8+,14-10-. The largest absolute Gasteiger partial charge is 0.344 e. The molecule has 0 aliphatic heterocycles. The van der Waals surface area contributed by atoms with Gasteiger partial charge in [-0.15, -0.1) is 5.10 Å². The fourth-order valence-corrected chi connectivity index (χ4v) is 1.11. The summed E-state index contributed by atoms with van der Waals surface area (Å²) in [6.45, 7) is 0. The molecule has 0 amide bonds. The van der Waals surface area contributed by atoms with Crippen molar-refractivity contribution in [2.24, 2.45) is 17.3 Å². The number of rotatable bonds is 2. The van der Waals surface area contributed by atoms with Crippen molar-refractivity contribution >= 4 is 6.21 Å². The summed E-state index contributed by atoms with van der Waals surface area (Å²) in [5, 5.41) is 7.98. The van der Waals surface area contributed by atoms with Crippen molar-refractivity contribution in [3.8, 4) is 0 Å². The number of hydrogen-bond donors (Lipinski definition) is 1. The van der Waals surface area contributed by atoms with Gasteiger partial charge in [-0.25, -0.2) is 4.98 Å². The molecule has 1 N–H and O–H groups in total. The van der Waals surface area contributed by atoms with Crippen LogP contribution in [0.15, 0.2) is 47.0 Å². The van der Waals surface area contributed by atoms with Gasteiger partial charge in [0.25, 0.3) is 0 Å². The highest BCUT2D eigenvalue weighted by atomic mass is 15.2. The van der Waals surface area contributed by atoms with E-state index in [-0.39, 0.29) is 0 Å². The van der Waals surface area contributed by atoms with Crippen molar-refractivity contribution in [3.63, 3.8) is 0 Å². The molecule has 2 rings (SSSR count). The molecule has 0 aromatic carbocycles. The maximum atomic E-state index is 4.05. The fraction of sp³-hybridized carbons (Fsp3) is 0.100. The molecule has 0 unspecified atom stereocenters. The number of imidazole rings is 1. The third-order valence-corrected chi connectivity index (χ3v) is 1.89. The molecule has 0 atom stereocenters. The Morgan fingerprint density at radius 1 is 1.47 bits per heavy atom. The number of nitrogens with one attached hydrogen (secondary N) is 1. The predicted octanol–water partition coefficient (Wildman–Crippen LogP) is 0.683. The average molecular weight is 201 g/mol. The van der Waals surface area contributed by atoms with Crippen LogP contribution in [0.2, 0.25) is 0 Å². The van der Waals surface area contributed by atoms with Gasteiger partial charge in [-0.2, -0.15) is 5.10 Å². The van der Waals surface area contributed by atoms with Crippen LogP contribution in [-0.4, -0.2) is 20.7 Å². The average Bonchev–Trinajstić information content (AvgIpc) is 2.74. The first-order valence-electron chi connectivity index (χ1n) is 4.54. The van der Waals surface area contributed by atoms with Crippen molar-refractivity contribution in [3.05, 3.63) is 48.1 Å². The third kappa shape index (κ3) is 2.40. The van der Waals surface area contributed by atoms with Gasteiger partial charge in [0, 0.05) is 25.6 Å². The second-order valence-corrected chi connectivity index (χ2v) is 2.99. The van der Waals surface area contributed by atoms with E-state index < -0.39 is 0 Å². The second kappa shape index (κ2) is 4.36. The van der Waals surface area contributed by atoms with Crippen molar-refractivity contribution in [1.29, 1.82) is 0 Å². The number of aryl methyl sites for hydroxylation is 1. The summed E-state index contributed by atoms with van der Waals surface area (Å²) < 4.78 is 1.89. The fourth-order valence-electron chi connectivity index (χ4n) is 1.11. The van der Waals surface area contributed by atoms with Crippen LogP contribution in [0.25, 0.3) is 0 Å². The van der Waals surface area contributed by atoms with Crippen LogP contribution in [0.4, 0.5) is 0 Å². The summed E-state index contributed by atoms with van der Waals surface area (Å²) in [5.41, 5.74) is 0.792. The highest BCUT2D eigenvalue weighted by Gasteiger charge is 1.85. The molecular weight excluding hydrogens is 190 g/mol. The molecule has 0 bridgehead atoms. The molecule has 2 heterocycles. The van der Waals surface area contributed by atoms with Crippen LogP contribution in [0.1, 0.15) is 5.82 Å². The van der Waals surface area contributed by atoms with E-state index in [1.165, 1.54) is 0 Å². The number of nitrogens with zero attached hydrogens (tertiary/aromatic N) is 4. The molecule has 2 aromatic heterocycles. The van der Waals surface area contributed by atoms with Crippen molar-refractivity contribution in [1.82, 2.24) is 14.5 Å². The maximum absolute atomic E-state index is 4.05. The minimum atomic E-state index is 0.692. The van der Waals surface area contributed by atoms with Gasteiger partial charge >= 0.3 is 0 Å². The van der Waals surface area contributed by atoms with Gasteiger partial charge in [0.1, 0.15) is 5.82 Å². The zero-order valence-corrected chi connectivity index (χ0v) is 8.33. The summed E-state index contributed by atoms with van der Waals surface area (Å²) in [4.78, 5) is 6.91. The first-order valence-corrected chi connectivity index (χ1v) is 4.54. The molecule has 2 aromatic rings. The maximum Gasteiger partial charge on any atom is 0.154 e. The molecule has 0 fully saturated rings.